The Morgan fingerprint density at radius 1 is 0.949 bits per heavy atom. The number of nitrogens with zero attached hydrogens (tertiary/aromatic N) is 3. The van der Waals surface area contributed by atoms with Gasteiger partial charge in [-0.3, -0.25) is 14.4 Å². The van der Waals surface area contributed by atoms with Gasteiger partial charge in [-0.05, 0) is 118 Å². The number of oxime groups is 1. The summed E-state index contributed by atoms with van der Waals surface area (Å²) >= 11 is 0. The van der Waals surface area contributed by atoms with Crippen LogP contribution in [0.15, 0.2) is 28.3 Å². The topological polar surface area (TPSA) is 285 Å². The van der Waals surface area contributed by atoms with E-state index in [0.29, 0.717) is 74.3 Å². The molecule has 2 aromatic rings. The maximum absolute atomic E-state index is 14.6. The first kappa shape index (κ1) is 63.8. The van der Waals surface area contributed by atoms with E-state index < -0.39 is 119 Å². The van der Waals surface area contributed by atoms with Gasteiger partial charge in [0.15, 0.2) is 18.7 Å². The molecule has 18 atom stereocenters. The van der Waals surface area contributed by atoms with Crippen molar-refractivity contribution in [1.29, 1.82) is 0 Å². The van der Waals surface area contributed by atoms with Crippen LogP contribution >= 0.6 is 0 Å². The number of ether oxygens (including phenoxy) is 8. The Bertz CT molecular complexity index is 2500. The van der Waals surface area contributed by atoms with Crippen LogP contribution < -0.4 is 15.5 Å². The van der Waals surface area contributed by atoms with Gasteiger partial charge in [0.1, 0.15) is 41.8 Å². The molecule has 5 heterocycles. The number of hydrogen-bond donors (Lipinski definition) is 6. The van der Waals surface area contributed by atoms with E-state index in [1.54, 1.807) is 59.1 Å². The van der Waals surface area contributed by atoms with Crippen molar-refractivity contribution in [2.75, 3.05) is 48.0 Å². The number of carboxylic acid groups (broad SMARTS) is 1. The molecular formula is C57H90N4O18. The molecule has 6 N–H and O–H groups in total. The number of methoxy groups -OCH3 is 1. The molecule has 22 nitrogen and oxygen atoms in total. The number of rotatable bonds is 17. The number of hydrogen-bond acceptors (Lipinski definition) is 20. The van der Waals surface area contributed by atoms with Crippen molar-refractivity contribution in [1.82, 2.24) is 14.8 Å². The molecule has 3 fully saturated rings. The number of likely N-dealkylation sites (N-methyl/N-ethyl adjacent to an activating group) is 1. The lowest BCUT2D eigenvalue weighted by atomic mass is 9.73. The van der Waals surface area contributed by atoms with Crippen LogP contribution in [0.4, 0.5) is 0 Å². The lowest BCUT2D eigenvalue weighted by molar-refractivity contribution is -0.318. The summed E-state index contributed by atoms with van der Waals surface area (Å²) in [6, 6.07) is 3.26. The number of carbonyl (C=O) groups is 3. The van der Waals surface area contributed by atoms with E-state index in [-0.39, 0.29) is 43.4 Å². The maximum Gasteiger partial charge on any atom is 0.341 e. The molecule has 22 heteroatoms. The molecule has 1 aromatic carbocycles. The first-order valence-electron chi connectivity index (χ1n) is 28.0. The third-order valence-corrected chi connectivity index (χ3v) is 16.8. The Morgan fingerprint density at radius 3 is 2.30 bits per heavy atom. The molecule has 1 aromatic heterocycles. The quantitative estimate of drug-likeness (QED) is 0.0736. The van der Waals surface area contributed by atoms with E-state index in [2.05, 4.69) is 10.5 Å². The molecule has 3 saturated heterocycles. The highest BCUT2D eigenvalue weighted by molar-refractivity contribution is 5.94. The third-order valence-electron chi connectivity index (χ3n) is 16.8. The standard InChI is InChI=1S/C57H90N4O18/c1-15-41-57(10,70)49(65)32(4)44(59-72-14)30(2)27-55(8,69)50(79-54-47(64)39(60(11)12)24-31(3)74-54)33(5)48(34(6)53(68)76-41)78-43-28-56(9,71-13)51(35(7)75-43)77-42(62)19-21-58-20-16-18-36-25-37-45-40(26-36)73-23-17-22-61(45)29-38(46(37)63)52(66)67/h25-26,29-35,39,41,43,47-51,54,58,64-65,69-70H,15-24,27-28H2,1-14H3,(H,66,67)/t30-,31-,32+,33+,34-,35+,39+,41-,43+,47-,48+,49-,50-,51+,54+,55-,56-,57-/m1/s1. The highest BCUT2D eigenvalue weighted by Gasteiger charge is 2.54. The molecule has 4 aliphatic heterocycles. The van der Waals surface area contributed by atoms with Crippen molar-refractivity contribution in [3.63, 3.8) is 0 Å². The number of nitrogens with one attached hydrogen (secondary N) is 1. The van der Waals surface area contributed by atoms with E-state index >= 15 is 0 Å². The van der Waals surface area contributed by atoms with E-state index in [9.17, 15) is 44.7 Å². The van der Waals surface area contributed by atoms with Crippen molar-refractivity contribution in [2.45, 2.75) is 211 Å². The van der Waals surface area contributed by atoms with Crippen molar-refractivity contribution in [3.8, 4) is 5.75 Å². The number of aryl methyl sites for hydroxylation is 2. The number of benzene rings is 1. The van der Waals surface area contributed by atoms with Gasteiger partial charge in [-0.1, -0.05) is 32.9 Å². The van der Waals surface area contributed by atoms with Gasteiger partial charge in [-0.2, -0.15) is 0 Å². The van der Waals surface area contributed by atoms with Crippen LogP contribution in [0.5, 0.6) is 5.75 Å². The summed E-state index contributed by atoms with van der Waals surface area (Å²) in [7, 11) is 6.56. The predicted octanol–water partition coefficient (Wildman–Crippen LogP) is 4.18. The molecular weight excluding hydrogens is 1030 g/mol. The van der Waals surface area contributed by atoms with Crippen LogP contribution in [-0.4, -0.2) is 191 Å². The molecule has 0 saturated carbocycles. The lowest BCUT2D eigenvalue weighted by Crippen LogP contribution is -2.61. The molecule has 0 spiro atoms. The fourth-order valence-electron chi connectivity index (χ4n) is 12.4. The van der Waals surface area contributed by atoms with Crippen LogP contribution in [0.2, 0.25) is 0 Å². The molecule has 0 unspecified atom stereocenters. The third kappa shape index (κ3) is 14.5. The van der Waals surface area contributed by atoms with E-state index in [1.165, 1.54) is 27.3 Å². The number of aromatic carboxylic acids is 1. The van der Waals surface area contributed by atoms with Gasteiger partial charge < -0.3 is 83.0 Å². The summed E-state index contributed by atoms with van der Waals surface area (Å²) in [5.41, 5.74) is -4.05. The normalized spacial score (nSPS) is 37.4. The number of aliphatic hydroxyl groups excluding tert-OH is 2. The molecule has 79 heavy (non-hydrogen) atoms. The van der Waals surface area contributed by atoms with Crippen molar-refractivity contribution >= 4 is 34.5 Å². The minimum Gasteiger partial charge on any atom is -0.491 e. The predicted molar refractivity (Wildman–Crippen MR) is 291 cm³/mol. The highest BCUT2D eigenvalue weighted by atomic mass is 16.7. The second-order valence-corrected chi connectivity index (χ2v) is 23.4. The Hall–Kier alpha value is -4.33. The number of carboxylic acids is 1. The van der Waals surface area contributed by atoms with Gasteiger partial charge >= 0.3 is 17.9 Å². The first-order chi connectivity index (χ1) is 37.1. The van der Waals surface area contributed by atoms with Gasteiger partial charge in [0.05, 0.1) is 71.7 Å². The second-order valence-electron chi connectivity index (χ2n) is 23.4. The Morgan fingerprint density at radius 2 is 1.66 bits per heavy atom. The van der Waals surface area contributed by atoms with Gasteiger partial charge in [0, 0.05) is 56.6 Å². The molecule has 4 aliphatic rings. The summed E-state index contributed by atoms with van der Waals surface area (Å²) in [6.07, 6.45) is -6.73. The number of esters is 2. The van der Waals surface area contributed by atoms with Gasteiger partial charge in [0.2, 0.25) is 5.43 Å². The Balaban J connectivity index is 1.19. The Kier molecular flexibility index (Phi) is 21.6. The van der Waals surface area contributed by atoms with Crippen LogP contribution in [0.25, 0.3) is 10.9 Å². The fourth-order valence-corrected chi connectivity index (χ4v) is 12.4. The highest BCUT2D eigenvalue weighted by Crippen LogP contribution is 2.42. The summed E-state index contributed by atoms with van der Waals surface area (Å²) < 4.78 is 52.6. The van der Waals surface area contributed by atoms with Crippen LogP contribution in [0, 0.1) is 23.7 Å². The van der Waals surface area contributed by atoms with E-state index in [1.807, 2.05) is 38.9 Å². The van der Waals surface area contributed by atoms with Crippen LogP contribution in [0.3, 0.4) is 0 Å². The minimum atomic E-state index is -1.98. The van der Waals surface area contributed by atoms with Crippen LogP contribution in [-0.2, 0) is 60.6 Å². The smallest absolute Gasteiger partial charge is 0.341 e. The molecule has 0 aliphatic carbocycles. The number of pyridine rings is 1. The number of aromatic nitrogens is 1. The van der Waals surface area contributed by atoms with Crippen molar-refractivity contribution < 1.29 is 82.6 Å². The van der Waals surface area contributed by atoms with E-state index in [4.69, 9.17) is 42.7 Å². The van der Waals surface area contributed by atoms with Gasteiger partial charge in [0.25, 0.3) is 0 Å². The fraction of sp³-hybridized carbons (Fsp3) is 0.772. The minimum absolute atomic E-state index is 0.0145. The summed E-state index contributed by atoms with van der Waals surface area (Å²) in [6.45, 7) is 18.7. The summed E-state index contributed by atoms with van der Waals surface area (Å²) in [5.74, 6) is -5.50. The van der Waals surface area contributed by atoms with Crippen LogP contribution in [0.1, 0.15) is 130 Å². The zero-order valence-electron chi connectivity index (χ0n) is 48.8. The maximum atomic E-state index is 14.6. The SMILES string of the molecule is CC[C@H]1OC(=O)[C@H](C)[C@@H](O[C@H]2C[C@@](C)(OC)[C@@H](OC(=O)CCNCCCc3cc4c5c(c3)c(=O)c(C(=O)O)cn5CCCO4)[C@H](C)O2)[C@H](C)[C@@H](O[C@@H]2O[C@H](C)C[C@H](N(C)C)[C@H]2O)[C@](C)(O)C[C@@H](C)C(=NOC)[C@H](C)[C@@H](O)[C@]1(C)O. The van der Waals surface area contributed by atoms with Crippen molar-refractivity contribution in [2.24, 2.45) is 28.8 Å². The zero-order chi connectivity index (χ0) is 58.5. The van der Waals surface area contributed by atoms with Crippen molar-refractivity contribution in [3.05, 3.63) is 39.7 Å². The van der Waals surface area contributed by atoms with Gasteiger partial charge in [-0.15, -0.1) is 0 Å². The summed E-state index contributed by atoms with van der Waals surface area (Å²) in [5, 5.41) is 66.1. The first-order valence-corrected chi connectivity index (χ1v) is 28.0. The average Bonchev–Trinajstić information content (AvgIpc) is 3.70. The molecule has 0 amide bonds. The number of aliphatic hydroxyl groups is 4. The molecule has 6 rings (SSSR count). The molecule has 446 valence electrons. The van der Waals surface area contributed by atoms with Gasteiger partial charge in [-0.25, -0.2) is 4.79 Å². The van der Waals surface area contributed by atoms with E-state index in [0.717, 1.165) is 5.56 Å². The molecule has 0 radical (unpaired) electrons. The monoisotopic (exact) mass is 1120 g/mol. The average molecular weight is 1120 g/mol. The number of carbonyl (C=O) groups excluding carboxylic acids is 2. The Labute approximate surface area is 464 Å². The lowest BCUT2D eigenvalue weighted by Gasteiger charge is -2.49. The number of cyclic esters (lactones) is 1. The zero-order valence-corrected chi connectivity index (χ0v) is 48.8. The summed E-state index contributed by atoms with van der Waals surface area (Å²) in [4.78, 5) is 60.4. The molecule has 0 bridgehead atoms. The largest absolute Gasteiger partial charge is 0.491 e. The second kappa shape index (κ2) is 26.7.